The molecule has 5 nitrogen and oxygen atoms in total. The molecular weight excluding hydrogens is 482 g/mol. The Balaban J connectivity index is 0.00000300. The van der Waals surface area contributed by atoms with Crippen LogP contribution in [0.4, 0.5) is 10.1 Å². The lowest BCUT2D eigenvalue weighted by atomic mass is 10.1. The molecule has 2 N–H and O–H groups in total. The minimum atomic E-state index is -0.204. The van der Waals surface area contributed by atoms with Gasteiger partial charge in [0.15, 0.2) is 5.96 Å². The van der Waals surface area contributed by atoms with Crippen molar-refractivity contribution < 1.29 is 9.18 Å². The third kappa shape index (κ3) is 6.16. The van der Waals surface area contributed by atoms with Crippen LogP contribution in [0.3, 0.4) is 0 Å². The van der Waals surface area contributed by atoms with Gasteiger partial charge in [0, 0.05) is 38.8 Å². The van der Waals surface area contributed by atoms with Crippen molar-refractivity contribution in [1.29, 1.82) is 0 Å². The molecule has 0 radical (unpaired) electrons. The van der Waals surface area contributed by atoms with E-state index in [0.29, 0.717) is 31.0 Å². The van der Waals surface area contributed by atoms with Crippen molar-refractivity contribution in [3.05, 3.63) is 65.0 Å². The number of aryl methyl sites for hydroxylation is 1. The summed E-state index contributed by atoms with van der Waals surface area (Å²) in [6, 6.07) is 13.3. The smallest absolute Gasteiger partial charge is 0.227 e. The number of nitrogens with zero attached hydrogens (tertiary/aromatic N) is 2. The average Bonchev–Trinajstić information content (AvgIpc) is 3.14. The van der Waals surface area contributed by atoms with Crippen LogP contribution < -0.4 is 15.5 Å². The lowest BCUT2D eigenvalue weighted by Gasteiger charge is -2.17. The lowest BCUT2D eigenvalue weighted by molar-refractivity contribution is -0.118. The molecule has 0 atom stereocenters. The zero-order valence-electron chi connectivity index (χ0n) is 16.9. The van der Waals surface area contributed by atoms with Crippen molar-refractivity contribution in [3.63, 3.8) is 0 Å². The summed E-state index contributed by atoms with van der Waals surface area (Å²) >= 11 is 0. The van der Waals surface area contributed by atoms with E-state index in [2.05, 4.69) is 21.7 Å². The van der Waals surface area contributed by atoms with Crippen LogP contribution >= 0.6 is 24.0 Å². The van der Waals surface area contributed by atoms with Gasteiger partial charge in [0.25, 0.3) is 0 Å². The van der Waals surface area contributed by atoms with Crippen molar-refractivity contribution in [2.45, 2.75) is 32.7 Å². The topological polar surface area (TPSA) is 56.7 Å². The van der Waals surface area contributed by atoms with E-state index < -0.39 is 0 Å². The Kier molecular flexibility index (Phi) is 8.88. The number of carbonyl (C=O) groups excluding carboxylic acids is 1. The third-order valence-electron chi connectivity index (χ3n) is 4.97. The molecule has 29 heavy (non-hydrogen) atoms. The highest BCUT2D eigenvalue weighted by molar-refractivity contribution is 14.0. The van der Waals surface area contributed by atoms with Gasteiger partial charge in [-0.3, -0.25) is 9.79 Å². The molecule has 2 aromatic carbocycles. The molecular formula is C22H28FIN4O. The first-order valence-electron chi connectivity index (χ1n) is 9.66. The minimum Gasteiger partial charge on any atom is -0.356 e. The minimum absolute atomic E-state index is 0. The number of nitrogens with one attached hydrogen (secondary N) is 2. The van der Waals surface area contributed by atoms with Crippen molar-refractivity contribution in [3.8, 4) is 0 Å². The zero-order chi connectivity index (χ0) is 19.9. The van der Waals surface area contributed by atoms with E-state index in [0.717, 1.165) is 30.6 Å². The molecule has 0 saturated carbocycles. The Bertz CT molecular complexity index is 872. The number of aliphatic imine (C=N–C) groups is 1. The molecule has 2 aromatic rings. The largest absolute Gasteiger partial charge is 0.356 e. The molecule has 1 aliphatic rings. The van der Waals surface area contributed by atoms with Crippen LogP contribution in [-0.4, -0.2) is 32.0 Å². The van der Waals surface area contributed by atoms with E-state index in [-0.39, 0.29) is 35.7 Å². The molecule has 0 aliphatic carbocycles. The molecule has 0 saturated heterocycles. The second kappa shape index (κ2) is 11.1. The van der Waals surface area contributed by atoms with E-state index in [4.69, 9.17) is 0 Å². The maximum absolute atomic E-state index is 13.6. The first-order chi connectivity index (χ1) is 13.6. The number of carbonyl (C=O) groups is 1. The van der Waals surface area contributed by atoms with E-state index in [1.54, 1.807) is 20.0 Å². The Morgan fingerprint density at radius 3 is 2.76 bits per heavy atom. The molecule has 0 unspecified atom stereocenters. The first-order valence-corrected chi connectivity index (χ1v) is 9.66. The molecule has 0 spiro atoms. The van der Waals surface area contributed by atoms with Crippen molar-refractivity contribution in [2.24, 2.45) is 4.99 Å². The zero-order valence-corrected chi connectivity index (χ0v) is 19.2. The molecule has 7 heteroatoms. The summed E-state index contributed by atoms with van der Waals surface area (Å²) in [6.45, 7) is 3.64. The SMILES string of the molecule is CN=C(NCCCC(=O)N1CCc2ccccc21)NCc1ccc(C)c(F)c1.I. The second-order valence-corrected chi connectivity index (χ2v) is 6.96. The Labute approximate surface area is 188 Å². The molecule has 156 valence electrons. The third-order valence-corrected chi connectivity index (χ3v) is 4.97. The van der Waals surface area contributed by atoms with Gasteiger partial charge in [-0.15, -0.1) is 24.0 Å². The Hall–Kier alpha value is -2.16. The average molecular weight is 510 g/mol. The quantitative estimate of drug-likeness (QED) is 0.269. The summed E-state index contributed by atoms with van der Waals surface area (Å²) in [5.41, 5.74) is 3.78. The van der Waals surface area contributed by atoms with Gasteiger partial charge < -0.3 is 15.5 Å². The molecule has 1 aliphatic heterocycles. The van der Waals surface area contributed by atoms with Crippen LogP contribution in [0.1, 0.15) is 29.5 Å². The molecule has 3 rings (SSSR count). The van der Waals surface area contributed by atoms with Crippen LogP contribution in [0.2, 0.25) is 0 Å². The van der Waals surface area contributed by atoms with Crippen LogP contribution in [0.15, 0.2) is 47.5 Å². The number of para-hydroxylation sites is 1. The highest BCUT2D eigenvalue weighted by atomic mass is 127. The lowest BCUT2D eigenvalue weighted by Crippen LogP contribution is -2.38. The molecule has 1 heterocycles. The van der Waals surface area contributed by atoms with Crippen molar-refractivity contribution in [1.82, 2.24) is 10.6 Å². The Morgan fingerprint density at radius 2 is 2.00 bits per heavy atom. The predicted molar refractivity (Wildman–Crippen MR) is 126 cm³/mol. The van der Waals surface area contributed by atoms with Gasteiger partial charge in [-0.05, 0) is 48.6 Å². The highest BCUT2D eigenvalue weighted by Gasteiger charge is 2.23. The number of halogens is 2. The van der Waals surface area contributed by atoms with E-state index in [9.17, 15) is 9.18 Å². The van der Waals surface area contributed by atoms with Gasteiger partial charge >= 0.3 is 0 Å². The second-order valence-electron chi connectivity index (χ2n) is 6.96. The summed E-state index contributed by atoms with van der Waals surface area (Å²) in [4.78, 5) is 18.6. The van der Waals surface area contributed by atoms with Gasteiger partial charge in [-0.25, -0.2) is 4.39 Å². The summed E-state index contributed by atoms with van der Waals surface area (Å²) in [5, 5.41) is 6.37. The predicted octanol–water partition coefficient (Wildman–Crippen LogP) is 3.79. The van der Waals surface area contributed by atoms with Gasteiger partial charge in [0.2, 0.25) is 5.91 Å². The molecule has 0 aromatic heterocycles. The maximum Gasteiger partial charge on any atom is 0.227 e. The van der Waals surface area contributed by atoms with Crippen molar-refractivity contribution in [2.75, 3.05) is 25.0 Å². The number of fused-ring (bicyclic) bond motifs is 1. The fourth-order valence-electron chi connectivity index (χ4n) is 3.33. The van der Waals surface area contributed by atoms with Gasteiger partial charge in [-0.1, -0.05) is 30.3 Å². The number of guanidine groups is 1. The monoisotopic (exact) mass is 510 g/mol. The number of benzene rings is 2. The standard InChI is InChI=1S/C22H27FN4O.HI/c1-16-9-10-17(14-19(16)23)15-26-22(24-2)25-12-5-8-21(28)27-13-11-18-6-3-4-7-20(18)27;/h3-4,6-7,9-10,14H,5,8,11-13,15H2,1-2H3,(H2,24,25,26);1H. The summed E-state index contributed by atoms with van der Waals surface area (Å²) < 4.78 is 13.6. The van der Waals surface area contributed by atoms with E-state index in [1.807, 2.05) is 29.2 Å². The molecule has 0 fully saturated rings. The van der Waals surface area contributed by atoms with Crippen LogP contribution in [0, 0.1) is 12.7 Å². The first kappa shape index (κ1) is 23.1. The van der Waals surface area contributed by atoms with Crippen LogP contribution in [0.25, 0.3) is 0 Å². The summed E-state index contributed by atoms with van der Waals surface area (Å²) in [7, 11) is 1.69. The number of hydrogen-bond acceptors (Lipinski definition) is 2. The fraction of sp³-hybridized carbons (Fsp3) is 0.364. The van der Waals surface area contributed by atoms with Gasteiger partial charge in [0.05, 0.1) is 0 Å². The number of rotatable bonds is 6. The fourth-order valence-corrected chi connectivity index (χ4v) is 3.33. The maximum atomic E-state index is 13.6. The van der Waals surface area contributed by atoms with Crippen molar-refractivity contribution >= 4 is 41.5 Å². The van der Waals surface area contributed by atoms with Gasteiger partial charge in [0.1, 0.15) is 5.82 Å². The number of amides is 1. The summed E-state index contributed by atoms with van der Waals surface area (Å²) in [6.07, 6.45) is 2.13. The summed E-state index contributed by atoms with van der Waals surface area (Å²) in [5.74, 6) is 0.592. The highest BCUT2D eigenvalue weighted by Crippen LogP contribution is 2.27. The van der Waals surface area contributed by atoms with Crippen LogP contribution in [-0.2, 0) is 17.8 Å². The molecule has 1 amide bonds. The Morgan fingerprint density at radius 1 is 1.21 bits per heavy atom. The van der Waals surface area contributed by atoms with Gasteiger partial charge in [-0.2, -0.15) is 0 Å². The van der Waals surface area contributed by atoms with Crippen LogP contribution in [0.5, 0.6) is 0 Å². The number of hydrogen-bond donors (Lipinski definition) is 2. The number of anilines is 1. The van der Waals surface area contributed by atoms with E-state index >= 15 is 0 Å². The van der Waals surface area contributed by atoms with E-state index in [1.165, 1.54) is 11.6 Å². The molecule has 0 bridgehead atoms. The normalized spacial score (nSPS) is 12.9.